The Hall–Kier alpha value is -3.29. The molecule has 1 atom stereocenters. The molecule has 0 radical (unpaired) electrons. The van der Waals surface area contributed by atoms with E-state index in [1.807, 2.05) is 53.9 Å². The van der Waals surface area contributed by atoms with Gasteiger partial charge in [-0.25, -0.2) is 4.79 Å². The quantitative estimate of drug-likeness (QED) is 0.667. The third kappa shape index (κ3) is 4.28. The smallest absolute Gasteiger partial charge is 0.315 e. The number of hydrogen-bond acceptors (Lipinski definition) is 5. The van der Waals surface area contributed by atoms with Gasteiger partial charge in [-0.2, -0.15) is 0 Å². The van der Waals surface area contributed by atoms with Crippen molar-refractivity contribution < 1.29 is 14.3 Å². The predicted molar refractivity (Wildman–Crippen MR) is 101 cm³/mol. The fourth-order valence-electron chi connectivity index (χ4n) is 2.82. The van der Waals surface area contributed by atoms with Crippen molar-refractivity contribution in [3.05, 3.63) is 54.0 Å². The van der Waals surface area contributed by atoms with E-state index in [0.29, 0.717) is 30.3 Å². The van der Waals surface area contributed by atoms with Gasteiger partial charge in [0.15, 0.2) is 23.0 Å². The van der Waals surface area contributed by atoms with E-state index in [2.05, 4.69) is 20.8 Å². The maximum absolute atomic E-state index is 12.2. The number of hydrogen-bond donors (Lipinski definition) is 2. The van der Waals surface area contributed by atoms with Crippen molar-refractivity contribution in [3.8, 4) is 11.5 Å². The van der Waals surface area contributed by atoms with Crippen LogP contribution in [0.15, 0.2) is 42.6 Å². The first-order chi connectivity index (χ1) is 13.1. The minimum Gasteiger partial charge on any atom is -0.493 e. The number of nitrogens with one attached hydrogen (secondary N) is 2. The number of amides is 2. The molecule has 8 nitrogen and oxygen atoms in total. The molecule has 2 heterocycles. The van der Waals surface area contributed by atoms with E-state index >= 15 is 0 Å². The Bertz CT molecular complexity index is 925. The minimum absolute atomic E-state index is 0.254. The van der Waals surface area contributed by atoms with Gasteiger partial charge in [0.25, 0.3) is 0 Å². The zero-order valence-electron chi connectivity index (χ0n) is 15.6. The van der Waals surface area contributed by atoms with Crippen molar-refractivity contribution in [2.24, 2.45) is 0 Å². The fraction of sp³-hybridized carbons (Fsp3) is 0.316. The second kappa shape index (κ2) is 8.39. The van der Waals surface area contributed by atoms with Crippen LogP contribution in [0.4, 0.5) is 4.79 Å². The molecule has 0 bridgehead atoms. The Morgan fingerprint density at radius 1 is 1.15 bits per heavy atom. The molecule has 2 N–H and O–H groups in total. The molecule has 27 heavy (non-hydrogen) atoms. The van der Waals surface area contributed by atoms with Crippen LogP contribution in [0.5, 0.6) is 11.5 Å². The van der Waals surface area contributed by atoms with E-state index in [0.717, 1.165) is 11.2 Å². The highest BCUT2D eigenvalue weighted by Crippen LogP contribution is 2.27. The van der Waals surface area contributed by atoms with E-state index in [-0.39, 0.29) is 12.1 Å². The molecule has 142 valence electrons. The van der Waals surface area contributed by atoms with Gasteiger partial charge in [-0.3, -0.25) is 4.40 Å². The van der Waals surface area contributed by atoms with Gasteiger partial charge in [0.1, 0.15) is 0 Å². The highest BCUT2D eigenvalue weighted by Gasteiger charge is 2.15. The van der Waals surface area contributed by atoms with Gasteiger partial charge in [-0.1, -0.05) is 12.1 Å². The van der Waals surface area contributed by atoms with Crippen molar-refractivity contribution >= 4 is 11.7 Å². The van der Waals surface area contributed by atoms with Crippen LogP contribution in [0.2, 0.25) is 0 Å². The zero-order valence-corrected chi connectivity index (χ0v) is 15.6. The standard InChI is InChI=1S/C19H23N5O3/c1-13(18-23-22-17-6-4-5-11-24(17)18)21-19(25)20-10-9-14-7-8-15(26-2)16(12-14)27-3/h4-8,11-13H,9-10H2,1-3H3,(H2,20,21,25)/t13-/m0/s1. The Balaban J connectivity index is 1.52. The number of carbonyl (C=O) groups excluding carboxylic acids is 1. The van der Waals surface area contributed by atoms with Gasteiger partial charge in [-0.15, -0.1) is 10.2 Å². The average Bonchev–Trinajstić information content (AvgIpc) is 3.12. The summed E-state index contributed by atoms with van der Waals surface area (Å²) in [5.74, 6) is 2.04. The van der Waals surface area contributed by atoms with E-state index < -0.39 is 0 Å². The number of rotatable bonds is 7. The minimum atomic E-state index is -0.275. The summed E-state index contributed by atoms with van der Waals surface area (Å²) in [6.45, 7) is 2.37. The molecular formula is C19H23N5O3. The van der Waals surface area contributed by atoms with Gasteiger partial charge in [0.2, 0.25) is 0 Å². The van der Waals surface area contributed by atoms with Gasteiger partial charge >= 0.3 is 6.03 Å². The summed E-state index contributed by atoms with van der Waals surface area (Å²) in [5, 5.41) is 14.0. The lowest BCUT2D eigenvalue weighted by atomic mass is 10.1. The number of aromatic nitrogens is 3. The third-order valence-electron chi connectivity index (χ3n) is 4.22. The lowest BCUT2D eigenvalue weighted by Crippen LogP contribution is -2.38. The van der Waals surface area contributed by atoms with Crippen LogP contribution in [0, 0.1) is 0 Å². The number of pyridine rings is 1. The molecule has 2 aromatic heterocycles. The molecule has 0 aliphatic rings. The molecule has 0 saturated heterocycles. The highest BCUT2D eigenvalue weighted by atomic mass is 16.5. The van der Waals surface area contributed by atoms with Gasteiger partial charge in [0.05, 0.1) is 20.3 Å². The van der Waals surface area contributed by atoms with E-state index in [9.17, 15) is 4.79 Å². The largest absolute Gasteiger partial charge is 0.493 e. The van der Waals surface area contributed by atoms with E-state index in [1.165, 1.54) is 0 Å². The molecule has 8 heteroatoms. The van der Waals surface area contributed by atoms with Crippen LogP contribution in [-0.4, -0.2) is 41.4 Å². The summed E-state index contributed by atoms with van der Waals surface area (Å²) in [7, 11) is 3.20. The highest BCUT2D eigenvalue weighted by molar-refractivity contribution is 5.74. The fourth-order valence-corrected chi connectivity index (χ4v) is 2.82. The Morgan fingerprint density at radius 3 is 2.74 bits per heavy atom. The van der Waals surface area contributed by atoms with Crippen LogP contribution in [0.1, 0.15) is 24.4 Å². The first-order valence-corrected chi connectivity index (χ1v) is 8.67. The van der Waals surface area contributed by atoms with Gasteiger partial charge in [-0.05, 0) is 43.2 Å². The number of fused-ring (bicyclic) bond motifs is 1. The first-order valence-electron chi connectivity index (χ1n) is 8.67. The van der Waals surface area contributed by atoms with Crippen LogP contribution in [-0.2, 0) is 6.42 Å². The predicted octanol–water partition coefficient (Wildman–Crippen LogP) is 2.35. The molecule has 3 aromatic rings. The molecule has 0 aliphatic carbocycles. The summed E-state index contributed by atoms with van der Waals surface area (Å²) in [6.07, 6.45) is 2.55. The van der Waals surface area contributed by atoms with Crippen LogP contribution < -0.4 is 20.1 Å². The number of methoxy groups -OCH3 is 2. The molecule has 3 rings (SSSR count). The summed E-state index contributed by atoms with van der Waals surface area (Å²) in [6, 6.07) is 10.8. The number of urea groups is 1. The van der Waals surface area contributed by atoms with Crippen molar-refractivity contribution in [2.45, 2.75) is 19.4 Å². The van der Waals surface area contributed by atoms with E-state index in [4.69, 9.17) is 9.47 Å². The SMILES string of the molecule is COc1ccc(CCNC(=O)N[C@@H](C)c2nnc3ccccn23)cc1OC. The molecule has 0 saturated carbocycles. The first kappa shape index (κ1) is 18.5. The summed E-state index contributed by atoms with van der Waals surface area (Å²) >= 11 is 0. The van der Waals surface area contributed by atoms with Crippen LogP contribution in [0.3, 0.4) is 0 Å². The number of benzene rings is 1. The van der Waals surface area contributed by atoms with Crippen LogP contribution in [0.25, 0.3) is 5.65 Å². The molecule has 0 spiro atoms. The topological polar surface area (TPSA) is 89.8 Å². The molecule has 0 aliphatic heterocycles. The van der Waals surface area contributed by atoms with Crippen molar-refractivity contribution in [1.29, 1.82) is 0 Å². The molecular weight excluding hydrogens is 346 g/mol. The van der Waals surface area contributed by atoms with E-state index in [1.54, 1.807) is 14.2 Å². The van der Waals surface area contributed by atoms with Crippen molar-refractivity contribution in [3.63, 3.8) is 0 Å². The van der Waals surface area contributed by atoms with Crippen LogP contribution >= 0.6 is 0 Å². The summed E-state index contributed by atoms with van der Waals surface area (Å²) < 4.78 is 12.4. The second-order valence-corrected chi connectivity index (χ2v) is 6.05. The normalized spacial score (nSPS) is 11.8. The maximum atomic E-state index is 12.2. The molecule has 1 aromatic carbocycles. The molecule has 0 fully saturated rings. The van der Waals surface area contributed by atoms with Gasteiger partial charge < -0.3 is 20.1 Å². The van der Waals surface area contributed by atoms with Crippen molar-refractivity contribution in [1.82, 2.24) is 25.2 Å². The Kier molecular flexibility index (Phi) is 5.75. The lowest BCUT2D eigenvalue weighted by Gasteiger charge is -2.14. The second-order valence-electron chi connectivity index (χ2n) is 6.05. The van der Waals surface area contributed by atoms with Crippen molar-refractivity contribution in [2.75, 3.05) is 20.8 Å². The summed E-state index contributed by atoms with van der Waals surface area (Å²) in [5.41, 5.74) is 1.79. The number of carbonyl (C=O) groups is 1. The Labute approximate surface area is 157 Å². The molecule has 2 amide bonds. The molecule has 0 unspecified atom stereocenters. The number of nitrogens with zero attached hydrogens (tertiary/aromatic N) is 3. The monoisotopic (exact) mass is 369 g/mol. The van der Waals surface area contributed by atoms with Gasteiger partial charge in [0, 0.05) is 12.7 Å². The third-order valence-corrected chi connectivity index (χ3v) is 4.22. The number of ether oxygens (including phenoxy) is 2. The lowest BCUT2D eigenvalue weighted by molar-refractivity contribution is 0.237. The summed E-state index contributed by atoms with van der Waals surface area (Å²) in [4.78, 5) is 12.2. The Morgan fingerprint density at radius 2 is 1.96 bits per heavy atom. The maximum Gasteiger partial charge on any atom is 0.315 e. The average molecular weight is 369 g/mol. The zero-order chi connectivity index (χ0) is 19.2.